The van der Waals surface area contributed by atoms with E-state index in [0.717, 1.165) is 0 Å². The highest BCUT2D eigenvalue weighted by Crippen LogP contribution is 2.33. The van der Waals surface area contributed by atoms with Gasteiger partial charge in [0, 0.05) is 13.0 Å². The highest BCUT2D eigenvalue weighted by molar-refractivity contribution is 5.78. The zero-order valence-electron chi connectivity index (χ0n) is 10.7. The number of nitrogens with zero attached hydrogens (tertiary/aromatic N) is 3. The maximum atomic E-state index is 11.1. The molecule has 0 radical (unpaired) electrons. The normalized spacial score (nSPS) is 12.5. The molecule has 1 aromatic rings. The van der Waals surface area contributed by atoms with Gasteiger partial charge in [-0.2, -0.15) is 5.10 Å². The van der Waals surface area contributed by atoms with Gasteiger partial charge in [-0.3, -0.25) is 14.9 Å². The van der Waals surface area contributed by atoms with Crippen molar-refractivity contribution in [3.8, 4) is 0 Å². The van der Waals surface area contributed by atoms with Crippen LogP contribution in [0.5, 0.6) is 0 Å². The molecule has 8 nitrogen and oxygen atoms in total. The van der Waals surface area contributed by atoms with Crippen LogP contribution in [0.15, 0.2) is 0 Å². The van der Waals surface area contributed by atoms with E-state index in [2.05, 4.69) is 10.4 Å². The van der Waals surface area contributed by atoms with Crippen LogP contribution < -0.4 is 5.32 Å². The predicted octanol–water partition coefficient (Wildman–Crippen LogP) is 1.34. The molecule has 1 rings (SSSR count). The summed E-state index contributed by atoms with van der Waals surface area (Å²) in [4.78, 5) is 21.3. The number of nitrogens with one attached hydrogen (secondary N) is 1. The largest absolute Gasteiger partial charge is 0.480 e. The fourth-order valence-electron chi connectivity index (χ4n) is 1.53. The Balaban J connectivity index is 3.26. The smallest absolute Gasteiger partial charge is 0.334 e. The van der Waals surface area contributed by atoms with E-state index in [4.69, 9.17) is 5.11 Å². The molecule has 0 aliphatic rings. The van der Waals surface area contributed by atoms with Crippen molar-refractivity contribution in [1.82, 2.24) is 9.78 Å². The van der Waals surface area contributed by atoms with E-state index in [1.54, 1.807) is 13.8 Å². The summed E-state index contributed by atoms with van der Waals surface area (Å²) in [5.41, 5.74) is 0.170. The first-order valence-corrected chi connectivity index (χ1v) is 5.46. The van der Waals surface area contributed by atoms with Gasteiger partial charge in [0.15, 0.2) is 0 Å². The van der Waals surface area contributed by atoms with Crippen LogP contribution in [0.2, 0.25) is 0 Å². The van der Waals surface area contributed by atoms with Crippen molar-refractivity contribution >= 4 is 17.5 Å². The standard InChI is InChI=1S/C10H16N4O4/c1-5(2)7-8(14(17)18)9(13(4)12-7)11-6(3)10(15)16/h5-6,11H,1-4H3,(H,15,16). The first kappa shape index (κ1) is 13.9. The minimum Gasteiger partial charge on any atom is -0.480 e. The Morgan fingerprint density at radius 3 is 2.44 bits per heavy atom. The third-order valence-electron chi connectivity index (χ3n) is 2.50. The van der Waals surface area contributed by atoms with E-state index >= 15 is 0 Å². The highest BCUT2D eigenvalue weighted by atomic mass is 16.6. The van der Waals surface area contributed by atoms with Gasteiger partial charge in [0.1, 0.15) is 11.7 Å². The van der Waals surface area contributed by atoms with Crippen LogP contribution >= 0.6 is 0 Å². The number of nitro groups is 1. The van der Waals surface area contributed by atoms with E-state index in [9.17, 15) is 14.9 Å². The number of aryl methyl sites for hydroxylation is 1. The van der Waals surface area contributed by atoms with Crippen molar-refractivity contribution in [2.45, 2.75) is 32.7 Å². The van der Waals surface area contributed by atoms with Crippen LogP contribution in [0.4, 0.5) is 11.5 Å². The molecule has 1 aromatic heterocycles. The first-order valence-electron chi connectivity index (χ1n) is 5.46. The third-order valence-corrected chi connectivity index (χ3v) is 2.50. The zero-order valence-corrected chi connectivity index (χ0v) is 10.7. The number of anilines is 1. The van der Waals surface area contributed by atoms with Crippen LogP contribution in [0.1, 0.15) is 32.4 Å². The molecule has 0 saturated carbocycles. The second-order valence-corrected chi connectivity index (χ2v) is 4.32. The molecule has 2 N–H and O–H groups in total. The van der Waals surface area contributed by atoms with Gasteiger partial charge in [0.2, 0.25) is 5.82 Å². The number of hydrogen-bond donors (Lipinski definition) is 2. The van der Waals surface area contributed by atoms with Crippen molar-refractivity contribution < 1.29 is 14.8 Å². The fraction of sp³-hybridized carbons (Fsp3) is 0.600. The second kappa shape index (κ2) is 5.03. The maximum absolute atomic E-state index is 11.1. The molecule has 0 saturated heterocycles. The van der Waals surface area contributed by atoms with Gasteiger partial charge >= 0.3 is 11.7 Å². The summed E-state index contributed by atoms with van der Waals surface area (Å²) in [5.74, 6) is -1.09. The fourth-order valence-corrected chi connectivity index (χ4v) is 1.53. The van der Waals surface area contributed by atoms with Gasteiger partial charge in [-0.05, 0) is 6.92 Å². The number of carbonyl (C=O) groups is 1. The lowest BCUT2D eigenvalue weighted by Crippen LogP contribution is -2.26. The Labute approximate surface area is 104 Å². The molecule has 100 valence electrons. The molecule has 0 aliphatic heterocycles. The van der Waals surface area contributed by atoms with Crippen LogP contribution in [-0.2, 0) is 11.8 Å². The average molecular weight is 256 g/mol. The quantitative estimate of drug-likeness (QED) is 0.607. The molecule has 8 heteroatoms. The van der Waals surface area contributed by atoms with Crippen LogP contribution in [0.3, 0.4) is 0 Å². The summed E-state index contributed by atoms with van der Waals surface area (Å²) in [6.07, 6.45) is 0. The summed E-state index contributed by atoms with van der Waals surface area (Å²) in [7, 11) is 1.54. The summed E-state index contributed by atoms with van der Waals surface area (Å²) < 4.78 is 1.30. The molecule has 0 aliphatic carbocycles. The Kier molecular flexibility index (Phi) is 3.89. The van der Waals surface area contributed by atoms with Crippen LogP contribution in [-0.4, -0.2) is 31.8 Å². The summed E-state index contributed by atoms with van der Waals surface area (Å²) in [6.45, 7) is 4.99. The molecule has 0 amide bonds. The average Bonchev–Trinajstić information content (AvgIpc) is 2.56. The minimum atomic E-state index is -1.09. The highest BCUT2D eigenvalue weighted by Gasteiger charge is 2.30. The topological polar surface area (TPSA) is 110 Å². The molecule has 1 unspecified atom stereocenters. The molecular formula is C10H16N4O4. The van der Waals surface area contributed by atoms with Crippen LogP contribution in [0.25, 0.3) is 0 Å². The molecule has 0 bridgehead atoms. The summed E-state index contributed by atoms with van der Waals surface area (Å²) in [5, 5.41) is 26.6. The number of aromatic nitrogens is 2. The molecule has 0 aromatic carbocycles. The van der Waals surface area contributed by atoms with Gasteiger partial charge in [-0.1, -0.05) is 13.8 Å². The first-order chi connectivity index (χ1) is 8.25. The Bertz CT molecular complexity index is 480. The van der Waals surface area contributed by atoms with E-state index in [-0.39, 0.29) is 17.4 Å². The van der Waals surface area contributed by atoms with Crippen molar-refractivity contribution in [3.63, 3.8) is 0 Å². The number of aliphatic carboxylic acids is 1. The van der Waals surface area contributed by atoms with E-state index in [1.165, 1.54) is 18.7 Å². The van der Waals surface area contributed by atoms with Crippen LogP contribution in [0, 0.1) is 10.1 Å². The Morgan fingerprint density at radius 2 is 2.06 bits per heavy atom. The lowest BCUT2D eigenvalue weighted by Gasteiger charge is -2.09. The van der Waals surface area contributed by atoms with Crippen molar-refractivity contribution in [3.05, 3.63) is 15.8 Å². The summed E-state index contributed by atoms with van der Waals surface area (Å²) in [6, 6.07) is -0.931. The van der Waals surface area contributed by atoms with Gasteiger partial charge in [-0.25, -0.2) is 4.68 Å². The van der Waals surface area contributed by atoms with Gasteiger partial charge in [-0.15, -0.1) is 0 Å². The number of rotatable bonds is 5. The third kappa shape index (κ3) is 2.58. The number of carboxylic acid groups (broad SMARTS) is 1. The molecule has 1 heterocycles. The SMILES string of the molecule is CC(Nc1c([N+](=O)[O-])c(C(C)C)nn1C)C(=O)O. The van der Waals surface area contributed by atoms with E-state index in [1.807, 2.05) is 0 Å². The van der Waals surface area contributed by atoms with Gasteiger partial charge in [0.05, 0.1) is 4.92 Å². The van der Waals surface area contributed by atoms with Crippen molar-refractivity contribution in [2.75, 3.05) is 5.32 Å². The molecule has 18 heavy (non-hydrogen) atoms. The summed E-state index contributed by atoms with van der Waals surface area (Å²) >= 11 is 0. The van der Waals surface area contributed by atoms with Gasteiger partial charge < -0.3 is 10.4 Å². The van der Waals surface area contributed by atoms with E-state index < -0.39 is 16.9 Å². The zero-order chi connectivity index (χ0) is 14.0. The second-order valence-electron chi connectivity index (χ2n) is 4.32. The Hall–Kier alpha value is -2.12. The Morgan fingerprint density at radius 1 is 1.50 bits per heavy atom. The predicted molar refractivity (Wildman–Crippen MR) is 64.7 cm³/mol. The molecular weight excluding hydrogens is 240 g/mol. The number of hydrogen-bond acceptors (Lipinski definition) is 5. The molecule has 1 atom stereocenters. The van der Waals surface area contributed by atoms with E-state index in [0.29, 0.717) is 5.69 Å². The molecule has 0 spiro atoms. The van der Waals surface area contributed by atoms with Crippen molar-refractivity contribution in [2.24, 2.45) is 7.05 Å². The molecule has 0 fully saturated rings. The van der Waals surface area contributed by atoms with Crippen molar-refractivity contribution in [1.29, 1.82) is 0 Å². The lowest BCUT2D eigenvalue weighted by atomic mass is 10.1. The lowest BCUT2D eigenvalue weighted by molar-refractivity contribution is -0.384. The maximum Gasteiger partial charge on any atom is 0.334 e. The number of carboxylic acids is 1. The monoisotopic (exact) mass is 256 g/mol. The minimum absolute atomic E-state index is 0.110. The van der Waals surface area contributed by atoms with Gasteiger partial charge in [0.25, 0.3) is 0 Å².